The highest BCUT2D eigenvalue weighted by atomic mass is 15.3. The van der Waals surface area contributed by atoms with Crippen LogP contribution in [0.25, 0.3) is 0 Å². The molecule has 0 spiro atoms. The number of hydrogen-bond donors (Lipinski definition) is 1. The summed E-state index contributed by atoms with van der Waals surface area (Å²) in [5, 5.41) is 3.45. The zero-order valence-electron chi connectivity index (χ0n) is 13.2. The lowest BCUT2D eigenvalue weighted by Crippen LogP contribution is -2.51. The number of piperazine rings is 1. The Labute approximate surface area is 124 Å². The topological polar surface area (TPSA) is 18.5 Å². The van der Waals surface area contributed by atoms with Crippen LogP contribution in [0.3, 0.4) is 0 Å². The zero-order valence-corrected chi connectivity index (χ0v) is 13.2. The van der Waals surface area contributed by atoms with Crippen LogP contribution in [0.5, 0.6) is 0 Å². The molecular weight excluding hydrogens is 246 g/mol. The molecule has 1 aromatic rings. The molecule has 1 saturated heterocycles. The van der Waals surface area contributed by atoms with E-state index in [0.29, 0.717) is 6.04 Å². The van der Waals surface area contributed by atoms with Crippen molar-refractivity contribution in [1.29, 1.82) is 0 Å². The Bertz CT molecular complexity index is 388. The Balaban J connectivity index is 1.90. The van der Waals surface area contributed by atoms with Gasteiger partial charge in [0.2, 0.25) is 0 Å². The van der Waals surface area contributed by atoms with Crippen LogP contribution in [0.2, 0.25) is 0 Å². The van der Waals surface area contributed by atoms with Gasteiger partial charge in [-0.2, -0.15) is 0 Å². The van der Waals surface area contributed by atoms with Crippen molar-refractivity contribution in [2.24, 2.45) is 0 Å². The molecule has 1 aromatic carbocycles. The van der Waals surface area contributed by atoms with Crippen molar-refractivity contribution in [1.82, 2.24) is 10.2 Å². The minimum Gasteiger partial charge on any atom is -0.369 e. The summed E-state index contributed by atoms with van der Waals surface area (Å²) in [6.07, 6.45) is 1.19. The van der Waals surface area contributed by atoms with E-state index in [1.165, 1.54) is 24.2 Å². The molecule has 1 fully saturated rings. The highest BCUT2D eigenvalue weighted by Gasteiger charge is 2.22. The Hall–Kier alpha value is -1.06. The number of nitrogens with zero attached hydrogens (tertiary/aromatic N) is 2. The Kier molecular flexibility index (Phi) is 5.86. The van der Waals surface area contributed by atoms with Gasteiger partial charge in [-0.1, -0.05) is 26.0 Å². The van der Waals surface area contributed by atoms with Gasteiger partial charge in [0.05, 0.1) is 0 Å². The molecule has 20 heavy (non-hydrogen) atoms. The van der Waals surface area contributed by atoms with Crippen LogP contribution in [0, 0.1) is 0 Å². The molecule has 1 atom stereocenters. The van der Waals surface area contributed by atoms with Gasteiger partial charge in [0, 0.05) is 37.9 Å². The van der Waals surface area contributed by atoms with E-state index in [-0.39, 0.29) is 0 Å². The van der Waals surface area contributed by atoms with E-state index in [4.69, 9.17) is 0 Å². The van der Waals surface area contributed by atoms with Crippen LogP contribution in [-0.4, -0.2) is 43.7 Å². The molecule has 2 rings (SSSR count). The summed E-state index contributed by atoms with van der Waals surface area (Å²) >= 11 is 0. The van der Waals surface area contributed by atoms with Crippen molar-refractivity contribution < 1.29 is 0 Å². The first-order chi connectivity index (χ1) is 9.74. The fraction of sp³-hybridized carbons (Fsp3) is 0.647. The molecule has 0 aliphatic carbocycles. The van der Waals surface area contributed by atoms with Crippen molar-refractivity contribution >= 4 is 5.69 Å². The third-order valence-electron chi connectivity index (χ3n) is 4.23. The zero-order chi connectivity index (χ0) is 14.4. The summed E-state index contributed by atoms with van der Waals surface area (Å²) in [5.74, 6) is 0. The van der Waals surface area contributed by atoms with Gasteiger partial charge in [-0.3, -0.25) is 4.90 Å². The molecule has 0 amide bonds. The van der Waals surface area contributed by atoms with Gasteiger partial charge in [0.15, 0.2) is 0 Å². The first kappa shape index (κ1) is 15.3. The van der Waals surface area contributed by atoms with Crippen LogP contribution < -0.4 is 10.2 Å². The van der Waals surface area contributed by atoms with Crippen LogP contribution in [0.4, 0.5) is 5.69 Å². The maximum Gasteiger partial charge on any atom is 0.0367 e. The molecule has 3 heteroatoms. The second-order valence-corrected chi connectivity index (χ2v) is 5.77. The minimum absolute atomic E-state index is 0.652. The molecular formula is C17H29N3. The van der Waals surface area contributed by atoms with Crippen LogP contribution in [0.1, 0.15) is 32.8 Å². The van der Waals surface area contributed by atoms with Crippen molar-refractivity contribution in [2.75, 3.05) is 37.6 Å². The Morgan fingerprint density at radius 2 is 1.90 bits per heavy atom. The average molecular weight is 275 g/mol. The van der Waals surface area contributed by atoms with Crippen molar-refractivity contribution in [3.05, 3.63) is 29.8 Å². The normalized spacial score (nSPS) is 20.4. The molecule has 1 aliphatic rings. The molecule has 1 N–H and O–H groups in total. The molecule has 112 valence electrons. The van der Waals surface area contributed by atoms with Gasteiger partial charge in [-0.25, -0.2) is 0 Å². The number of hydrogen-bond acceptors (Lipinski definition) is 3. The second-order valence-electron chi connectivity index (χ2n) is 5.77. The highest BCUT2D eigenvalue weighted by Crippen LogP contribution is 2.19. The molecule has 3 nitrogen and oxygen atoms in total. The van der Waals surface area contributed by atoms with Crippen molar-refractivity contribution in [2.45, 2.75) is 39.8 Å². The van der Waals surface area contributed by atoms with E-state index in [2.05, 4.69) is 60.2 Å². The maximum atomic E-state index is 3.45. The third kappa shape index (κ3) is 3.97. The number of nitrogens with one attached hydrogen (secondary N) is 1. The van der Waals surface area contributed by atoms with E-state index in [1.807, 2.05) is 0 Å². The SMILES string of the molecule is CCCNCc1ccc(N2CCN(CC)C(C)C2)cc1. The van der Waals surface area contributed by atoms with Gasteiger partial charge in [-0.15, -0.1) is 0 Å². The molecule has 0 bridgehead atoms. The standard InChI is InChI=1S/C17H29N3/c1-4-10-18-13-16-6-8-17(9-7-16)20-12-11-19(5-2)15(3)14-20/h6-9,15,18H,4-5,10-14H2,1-3H3. The first-order valence-electron chi connectivity index (χ1n) is 8.03. The lowest BCUT2D eigenvalue weighted by molar-refractivity contribution is 0.199. The van der Waals surface area contributed by atoms with E-state index in [0.717, 1.165) is 32.7 Å². The summed E-state index contributed by atoms with van der Waals surface area (Å²) in [5.41, 5.74) is 2.74. The van der Waals surface area contributed by atoms with Gasteiger partial charge < -0.3 is 10.2 Å². The van der Waals surface area contributed by atoms with E-state index in [9.17, 15) is 0 Å². The molecule has 1 unspecified atom stereocenters. The summed E-state index contributed by atoms with van der Waals surface area (Å²) in [7, 11) is 0. The van der Waals surface area contributed by atoms with Crippen LogP contribution in [-0.2, 0) is 6.54 Å². The van der Waals surface area contributed by atoms with E-state index in [1.54, 1.807) is 0 Å². The van der Waals surface area contributed by atoms with Gasteiger partial charge in [0.1, 0.15) is 0 Å². The molecule has 0 radical (unpaired) electrons. The monoisotopic (exact) mass is 275 g/mol. The minimum atomic E-state index is 0.652. The van der Waals surface area contributed by atoms with Crippen LogP contribution >= 0.6 is 0 Å². The quantitative estimate of drug-likeness (QED) is 0.805. The summed E-state index contributed by atoms with van der Waals surface area (Å²) < 4.78 is 0. The molecule has 0 aromatic heterocycles. The summed E-state index contributed by atoms with van der Waals surface area (Å²) in [6.45, 7) is 13.5. The number of benzene rings is 1. The fourth-order valence-electron chi connectivity index (χ4n) is 2.93. The lowest BCUT2D eigenvalue weighted by atomic mass is 10.1. The smallest absolute Gasteiger partial charge is 0.0367 e. The predicted octanol–water partition coefficient (Wildman–Crippen LogP) is 2.72. The first-order valence-corrected chi connectivity index (χ1v) is 8.03. The van der Waals surface area contributed by atoms with Gasteiger partial charge in [-0.05, 0) is 44.1 Å². The van der Waals surface area contributed by atoms with Crippen molar-refractivity contribution in [3.8, 4) is 0 Å². The Morgan fingerprint density at radius 3 is 2.50 bits per heavy atom. The predicted molar refractivity (Wildman–Crippen MR) is 87.4 cm³/mol. The highest BCUT2D eigenvalue weighted by molar-refractivity contribution is 5.48. The van der Waals surface area contributed by atoms with Gasteiger partial charge in [0.25, 0.3) is 0 Å². The van der Waals surface area contributed by atoms with E-state index < -0.39 is 0 Å². The molecule has 0 saturated carbocycles. The molecule has 1 heterocycles. The fourth-order valence-corrected chi connectivity index (χ4v) is 2.93. The van der Waals surface area contributed by atoms with Gasteiger partial charge >= 0.3 is 0 Å². The Morgan fingerprint density at radius 1 is 1.15 bits per heavy atom. The van der Waals surface area contributed by atoms with E-state index >= 15 is 0 Å². The lowest BCUT2D eigenvalue weighted by Gasteiger charge is -2.40. The second kappa shape index (κ2) is 7.65. The number of rotatable bonds is 6. The third-order valence-corrected chi connectivity index (χ3v) is 4.23. The summed E-state index contributed by atoms with van der Waals surface area (Å²) in [6, 6.07) is 9.72. The number of likely N-dealkylation sites (N-methyl/N-ethyl adjacent to an activating group) is 1. The summed E-state index contributed by atoms with van der Waals surface area (Å²) in [4.78, 5) is 5.07. The largest absolute Gasteiger partial charge is 0.369 e. The number of anilines is 1. The van der Waals surface area contributed by atoms with Crippen LogP contribution in [0.15, 0.2) is 24.3 Å². The molecule has 1 aliphatic heterocycles. The van der Waals surface area contributed by atoms with Crippen molar-refractivity contribution in [3.63, 3.8) is 0 Å². The average Bonchev–Trinajstić information content (AvgIpc) is 2.48. The maximum absolute atomic E-state index is 3.45.